The maximum atomic E-state index is 11.4. The van der Waals surface area contributed by atoms with Gasteiger partial charge in [-0.3, -0.25) is 0 Å². The van der Waals surface area contributed by atoms with Gasteiger partial charge in [0.25, 0.3) is 0 Å². The van der Waals surface area contributed by atoms with Gasteiger partial charge in [-0.05, 0) is 6.42 Å². The second-order valence-corrected chi connectivity index (χ2v) is 3.14. The maximum Gasteiger partial charge on any atom is 0.360 e. The van der Waals surface area contributed by atoms with Crippen molar-refractivity contribution in [2.24, 2.45) is 5.73 Å². The predicted octanol–water partition coefficient (Wildman–Crippen LogP) is -0.0241. The number of nitrogens with zero attached hydrogens (tertiary/aromatic N) is 3. The SMILES string of the molecule is CCCc1c(C(=O)OC)nnn1CCN. The Morgan fingerprint density at radius 2 is 2.33 bits per heavy atom. The summed E-state index contributed by atoms with van der Waals surface area (Å²) in [7, 11) is 1.33. The van der Waals surface area contributed by atoms with Crippen LogP contribution >= 0.6 is 0 Å². The van der Waals surface area contributed by atoms with Gasteiger partial charge in [0, 0.05) is 6.54 Å². The normalized spacial score (nSPS) is 10.3. The van der Waals surface area contributed by atoms with Crippen LogP contribution in [0, 0.1) is 0 Å². The van der Waals surface area contributed by atoms with Gasteiger partial charge in [0.05, 0.1) is 19.3 Å². The number of carbonyl (C=O) groups is 1. The summed E-state index contributed by atoms with van der Waals surface area (Å²) in [4.78, 5) is 11.4. The van der Waals surface area contributed by atoms with Crippen molar-refractivity contribution in [1.29, 1.82) is 0 Å². The van der Waals surface area contributed by atoms with Gasteiger partial charge in [0.1, 0.15) is 0 Å². The first kappa shape index (κ1) is 11.6. The third-order valence-electron chi connectivity index (χ3n) is 2.04. The van der Waals surface area contributed by atoms with E-state index >= 15 is 0 Å². The molecule has 0 bridgehead atoms. The van der Waals surface area contributed by atoms with Gasteiger partial charge in [-0.1, -0.05) is 18.6 Å². The van der Waals surface area contributed by atoms with Gasteiger partial charge in [-0.2, -0.15) is 0 Å². The average Bonchev–Trinajstić information content (AvgIpc) is 2.62. The summed E-state index contributed by atoms with van der Waals surface area (Å²) in [6.45, 7) is 3.07. The zero-order valence-corrected chi connectivity index (χ0v) is 9.06. The van der Waals surface area contributed by atoms with Crippen molar-refractivity contribution in [3.63, 3.8) is 0 Å². The molecule has 0 fully saturated rings. The molecule has 0 saturated carbocycles. The van der Waals surface area contributed by atoms with E-state index < -0.39 is 5.97 Å². The van der Waals surface area contributed by atoms with E-state index in [-0.39, 0.29) is 0 Å². The number of methoxy groups -OCH3 is 1. The number of hydrogen-bond acceptors (Lipinski definition) is 5. The van der Waals surface area contributed by atoms with Crippen molar-refractivity contribution in [3.8, 4) is 0 Å². The van der Waals surface area contributed by atoms with Crippen LogP contribution in [0.15, 0.2) is 0 Å². The fourth-order valence-corrected chi connectivity index (χ4v) is 1.37. The number of ether oxygens (including phenoxy) is 1. The molecule has 6 nitrogen and oxygen atoms in total. The second kappa shape index (κ2) is 5.45. The van der Waals surface area contributed by atoms with Crippen LogP contribution in [0.25, 0.3) is 0 Å². The topological polar surface area (TPSA) is 83.0 Å². The molecule has 84 valence electrons. The van der Waals surface area contributed by atoms with Crippen molar-refractivity contribution in [2.45, 2.75) is 26.3 Å². The van der Waals surface area contributed by atoms with Gasteiger partial charge in [0.2, 0.25) is 0 Å². The highest BCUT2D eigenvalue weighted by atomic mass is 16.5. The standard InChI is InChI=1S/C9H16N4O2/c1-3-4-7-8(9(14)15-2)11-12-13(7)6-5-10/h3-6,10H2,1-2H3. The van der Waals surface area contributed by atoms with E-state index in [9.17, 15) is 4.79 Å². The molecule has 0 atom stereocenters. The van der Waals surface area contributed by atoms with Crippen molar-refractivity contribution >= 4 is 5.97 Å². The van der Waals surface area contributed by atoms with Crippen LogP contribution < -0.4 is 5.73 Å². The number of aromatic nitrogens is 3. The first-order valence-electron chi connectivity index (χ1n) is 4.95. The summed E-state index contributed by atoms with van der Waals surface area (Å²) in [5, 5.41) is 7.69. The Morgan fingerprint density at radius 3 is 2.87 bits per heavy atom. The summed E-state index contributed by atoms with van der Waals surface area (Å²) in [5.41, 5.74) is 6.54. The van der Waals surface area contributed by atoms with Crippen molar-refractivity contribution < 1.29 is 9.53 Å². The Kier molecular flexibility index (Phi) is 4.23. The van der Waals surface area contributed by atoms with E-state index in [0.29, 0.717) is 18.8 Å². The van der Waals surface area contributed by atoms with E-state index in [1.54, 1.807) is 4.68 Å². The number of esters is 1. The zero-order chi connectivity index (χ0) is 11.3. The molecule has 6 heteroatoms. The van der Waals surface area contributed by atoms with E-state index in [4.69, 9.17) is 5.73 Å². The molecule has 2 N–H and O–H groups in total. The molecule has 0 unspecified atom stereocenters. The summed E-state index contributed by atoms with van der Waals surface area (Å²) < 4.78 is 6.29. The Hall–Kier alpha value is -1.43. The molecule has 0 amide bonds. The highest BCUT2D eigenvalue weighted by molar-refractivity contribution is 5.88. The molecule has 0 spiro atoms. The smallest absolute Gasteiger partial charge is 0.360 e. The van der Waals surface area contributed by atoms with Gasteiger partial charge in [-0.25, -0.2) is 9.48 Å². The average molecular weight is 212 g/mol. The zero-order valence-electron chi connectivity index (χ0n) is 9.06. The van der Waals surface area contributed by atoms with Crippen LogP contribution in [0.1, 0.15) is 29.5 Å². The summed E-state index contributed by atoms with van der Waals surface area (Å²) in [6.07, 6.45) is 1.67. The van der Waals surface area contributed by atoms with E-state index in [0.717, 1.165) is 18.5 Å². The Labute approximate surface area is 88.4 Å². The lowest BCUT2D eigenvalue weighted by molar-refractivity contribution is 0.0592. The first-order valence-corrected chi connectivity index (χ1v) is 4.95. The molecule has 1 aromatic heterocycles. The van der Waals surface area contributed by atoms with E-state index in [2.05, 4.69) is 15.0 Å². The number of nitrogens with two attached hydrogens (primary N) is 1. The highest BCUT2D eigenvalue weighted by Gasteiger charge is 2.18. The molecule has 0 aliphatic rings. The van der Waals surface area contributed by atoms with Crippen LogP contribution in [0.3, 0.4) is 0 Å². The molecular formula is C9H16N4O2. The van der Waals surface area contributed by atoms with Crippen molar-refractivity contribution in [1.82, 2.24) is 15.0 Å². The van der Waals surface area contributed by atoms with Crippen LogP contribution in [0.4, 0.5) is 0 Å². The molecule has 0 radical (unpaired) electrons. The minimum Gasteiger partial charge on any atom is -0.464 e. The lowest BCUT2D eigenvalue weighted by atomic mass is 10.2. The predicted molar refractivity (Wildman–Crippen MR) is 54.4 cm³/mol. The van der Waals surface area contributed by atoms with E-state index in [1.165, 1.54) is 7.11 Å². The minimum atomic E-state index is -0.443. The van der Waals surface area contributed by atoms with Gasteiger partial charge >= 0.3 is 5.97 Å². The molecule has 1 heterocycles. The molecular weight excluding hydrogens is 196 g/mol. The van der Waals surface area contributed by atoms with E-state index in [1.807, 2.05) is 6.92 Å². The minimum absolute atomic E-state index is 0.299. The van der Waals surface area contributed by atoms with Crippen molar-refractivity contribution in [2.75, 3.05) is 13.7 Å². The largest absolute Gasteiger partial charge is 0.464 e. The van der Waals surface area contributed by atoms with Gasteiger partial charge in [-0.15, -0.1) is 5.10 Å². The van der Waals surface area contributed by atoms with Crippen LogP contribution in [0.5, 0.6) is 0 Å². The molecule has 15 heavy (non-hydrogen) atoms. The molecule has 1 aromatic rings. The monoisotopic (exact) mass is 212 g/mol. The van der Waals surface area contributed by atoms with Crippen molar-refractivity contribution in [3.05, 3.63) is 11.4 Å². The van der Waals surface area contributed by atoms with Crippen LogP contribution in [-0.4, -0.2) is 34.6 Å². The van der Waals surface area contributed by atoms with Crippen LogP contribution in [-0.2, 0) is 17.7 Å². The number of rotatable bonds is 5. The molecule has 0 aromatic carbocycles. The molecule has 0 saturated heterocycles. The highest BCUT2D eigenvalue weighted by Crippen LogP contribution is 2.09. The lowest BCUT2D eigenvalue weighted by Gasteiger charge is -2.04. The third-order valence-corrected chi connectivity index (χ3v) is 2.04. The van der Waals surface area contributed by atoms with Crippen LogP contribution in [0.2, 0.25) is 0 Å². The molecule has 0 aliphatic heterocycles. The third kappa shape index (κ3) is 2.53. The maximum absolute atomic E-state index is 11.4. The summed E-state index contributed by atoms with van der Waals surface area (Å²) >= 11 is 0. The lowest BCUT2D eigenvalue weighted by Crippen LogP contribution is -2.15. The Bertz CT molecular complexity index is 335. The van der Waals surface area contributed by atoms with Gasteiger partial charge < -0.3 is 10.5 Å². The second-order valence-electron chi connectivity index (χ2n) is 3.14. The van der Waals surface area contributed by atoms with Gasteiger partial charge in [0.15, 0.2) is 5.69 Å². The summed E-state index contributed by atoms with van der Waals surface area (Å²) in [6, 6.07) is 0. The number of carbonyl (C=O) groups excluding carboxylic acids is 1. The Balaban J connectivity index is 2.99. The number of hydrogen-bond donors (Lipinski definition) is 1. The molecule has 1 rings (SSSR count). The quantitative estimate of drug-likeness (QED) is 0.693. The molecule has 0 aliphatic carbocycles. The summed E-state index contributed by atoms with van der Waals surface area (Å²) in [5.74, 6) is -0.443. The fourth-order valence-electron chi connectivity index (χ4n) is 1.37. The first-order chi connectivity index (χ1) is 7.24. The Morgan fingerprint density at radius 1 is 1.60 bits per heavy atom. The fraction of sp³-hybridized carbons (Fsp3) is 0.667.